The van der Waals surface area contributed by atoms with Crippen molar-refractivity contribution in [3.8, 4) is 0 Å². The van der Waals surface area contributed by atoms with Crippen LogP contribution in [0.1, 0.15) is 285 Å². The van der Waals surface area contributed by atoms with E-state index in [-0.39, 0.29) is 110 Å². The number of cyclic esters (lactones) is 4. The average Bonchev–Trinajstić information content (AvgIpc) is 1.63. The number of aromatic nitrogens is 4. The zero-order valence-electron chi connectivity index (χ0n) is 89.3. The number of nitrogens with one attached hydrogen (secondary N) is 2. The number of carbonyl (C=O) groups is 8. The first-order valence-corrected chi connectivity index (χ1v) is 53.2. The molecule has 0 amide bonds. The van der Waals surface area contributed by atoms with Crippen molar-refractivity contribution in [2.75, 3.05) is 0 Å². The molecule has 2 saturated carbocycles. The molecule has 4 fully saturated rings. The molecule has 4 aromatic heterocycles. The lowest BCUT2D eigenvalue weighted by molar-refractivity contribution is -0.157. The third-order valence-corrected chi connectivity index (χ3v) is 34.0. The van der Waals surface area contributed by atoms with Crippen molar-refractivity contribution >= 4 is 103 Å². The highest BCUT2D eigenvalue weighted by Gasteiger charge is 2.55. The zero-order valence-corrected chi connectivity index (χ0v) is 90.9. The molecular weight excluding hydrogens is 1960 g/mol. The van der Waals surface area contributed by atoms with Crippen LogP contribution in [0, 0.1) is 120 Å². The molecule has 6 aliphatic heterocycles. The van der Waals surface area contributed by atoms with Crippen LogP contribution in [-0.2, 0) is 57.3 Å². The zero-order chi connectivity index (χ0) is 110. The molecular formula is C112H152F6N6O22S2. The number of halogens is 6. The summed E-state index contributed by atoms with van der Waals surface area (Å²) in [5.41, 5.74) is 1.63. The first-order chi connectivity index (χ1) is 68.8. The van der Waals surface area contributed by atoms with E-state index in [0.717, 1.165) is 61.9 Å². The minimum atomic E-state index is -4.57. The van der Waals surface area contributed by atoms with E-state index in [0.29, 0.717) is 71.1 Å². The summed E-state index contributed by atoms with van der Waals surface area (Å²) < 4.78 is 119. The number of ether oxygens (including phenoxy) is 4. The number of oxazole rings is 2. The molecule has 0 radical (unpaired) electrons. The molecule has 10 N–H and O–H groups in total. The summed E-state index contributed by atoms with van der Waals surface area (Å²) in [6, 6.07) is 12.2. The van der Waals surface area contributed by atoms with Crippen LogP contribution >= 0.6 is 22.7 Å². The van der Waals surface area contributed by atoms with E-state index < -0.39 is 202 Å². The summed E-state index contributed by atoms with van der Waals surface area (Å²) >= 11 is 3.04. The predicted octanol–water partition coefficient (Wildman–Crippen LogP) is 18.9. The summed E-state index contributed by atoms with van der Waals surface area (Å²) in [5, 5.41) is 97.7. The second-order valence-electron chi connectivity index (χ2n) is 45.2. The maximum Gasteiger partial charge on any atom is 0.412 e. The SMILES string of the molecule is C/C(=C\c1coc(C)n1)[C@@H]1C/C=C(/C(F)(F)F)CC2CC2[C@H](C)[C@H](O)[C@@H](C)C(=O)C(C)(C)[C@@H](O)CC(=O)O1.C/C(=C\c1csc(C)n1)[C@@H]1C/C=C(/C(F)(F)F)CC2CC2[C@H](C)[C@H](O)[C@@H](C)C(=O)C(C)(C)[C@@H](O)CC(=O)O1.C/C1=C/C[C@@H](c2ccc3oc(C)nc3c2)OC(=O)C[C@H](O)C(C)(C)C(=O)[C@H](C)[C@@H](O)[C@@H](C)C2NC2C1.C/C1=C/C[C@@H](c2ccc3sc(C)nc3c2)OC(=O)C[C@H](O)C(C)(C)C(=O)[C@H](C)[C@@H](O)[C@@H](C)C2NC2C1. The first-order valence-electron chi connectivity index (χ1n) is 51.5. The lowest BCUT2D eigenvalue weighted by Crippen LogP contribution is -2.46. The normalized spacial score (nSPS) is 35.4. The molecule has 148 heavy (non-hydrogen) atoms. The third kappa shape index (κ3) is 29.8. The smallest absolute Gasteiger partial charge is 0.412 e. The van der Waals surface area contributed by atoms with E-state index in [1.807, 2.05) is 71.0 Å². The van der Waals surface area contributed by atoms with Gasteiger partial charge in [0.2, 0.25) is 0 Å². The van der Waals surface area contributed by atoms with Crippen molar-refractivity contribution in [1.82, 2.24) is 30.6 Å². The van der Waals surface area contributed by atoms with Gasteiger partial charge >= 0.3 is 36.2 Å². The predicted molar refractivity (Wildman–Crippen MR) is 548 cm³/mol. The van der Waals surface area contributed by atoms with Crippen molar-refractivity contribution in [3.63, 3.8) is 0 Å². The van der Waals surface area contributed by atoms with Crippen LogP contribution in [0.4, 0.5) is 26.3 Å². The van der Waals surface area contributed by atoms with Crippen molar-refractivity contribution < 1.29 is 133 Å². The van der Waals surface area contributed by atoms with Crippen molar-refractivity contribution in [3.05, 3.63) is 150 Å². The topological polar surface area (TPSA) is 457 Å². The molecule has 0 bridgehead atoms. The summed E-state index contributed by atoms with van der Waals surface area (Å²) in [7, 11) is 0. The van der Waals surface area contributed by atoms with Crippen molar-refractivity contribution in [2.45, 2.75) is 366 Å². The number of alkyl halides is 6. The quantitative estimate of drug-likeness (QED) is 0.0243. The Bertz CT molecular complexity index is 5590. The number of aryl methyl sites for hydroxylation is 4. The standard InChI is InChI=1S/C28H38F3NO6.C28H38F3NO5S.C28H38N2O6.C28H38N2O5S/c1-14(9-20-13-37-17(4)32-20)22-8-7-19(28(29,30)31)10-18-11-21(18)15(2)25(35)16(3)26(36)27(5,6)23(33)12-24(34)38-22;1-14(9-20-13-38-17(4)32-20)22-8-7-19(28(29,30)31)10-18-11-21(18)15(2)25(35)16(3)26(36)27(5,6)23(33)12-24(34)37-22;1-14-7-9-21(18-8-10-22-19(12-18)29-17(4)35-22)36-24(32)13-23(31)28(5,6)27(34)16(3)26(33)15(2)25-20(11-14)30-25;1-14-7-9-21(18-8-10-22-19(12-18)29-17(4)36-22)35-24(32)13-23(31)28(5,6)27(34)16(3)26(33)15(2)25-20(11-14)30-25/h2*7,9,13,15-16,18,21-23,25,33,35H,8,10-12H2,1-6H3;2*7-8,10,12,15-16,20-21,23,25-26,30-31,33H,9,11,13H2,1-6H3/b2*14-9+,19-7+;2*14-7-/t2*15-,16+,18?,21?,22-,23-,25-;2*15-,16+,20?,21-,23-,25?,26-/m0000/s1. The highest BCUT2D eigenvalue weighted by molar-refractivity contribution is 7.18. The molecule has 10 heterocycles. The second-order valence-corrected chi connectivity index (χ2v) is 47.5. The van der Waals surface area contributed by atoms with Gasteiger partial charge in [-0.1, -0.05) is 158 Å². The number of benzene rings is 2. The molecule has 28 nitrogen and oxygen atoms in total. The fourth-order valence-electron chi connectivity index (χ4n) is 21.3. The van der Waals surface area contributed by atoms with E-state index in [1.54, 1.807) is 126 Å². The van der Waals surface area contributed by atoms with Gasteiger partial charge in [-0.15, -0.1) is 22.7 Å². The average molecular weight is 2110 g/mol. The number of fused-ring (bicyclic) bond motifs is 6. The van der Waals surface area contributed by atoms with E-state index in [9.17, 15) is 106 Å². The van der Waals surface area contributed by atoms with Crippen LogP contribution in [0.5, 0.6) is 0 Å². The van der Waals surface area contributed by atoms with Gasteiger partial charge in [0, 0.05) is 104 Å². The summed E-state index contributed by atoms with van der Waals surface area (Å²) in [5.74, 6) is -8.22. The monoisotopic (exact) mass is 2110 g/mol. The number of Topliss-reactive ketones (excluding diaryl/α,β-unsaturated/α-hetero) is 4. The van der Waals surface area contributed by atoms with Crippen LogP contribution in [0.15, 0.2) is 115 Å². The lowest BCUT2D eigenvalue weighted by atomic mass is 9.72. The molecule has 6 aromatic rings. The number of aliphatic hydroxyl groups excluding tert-OH is 8. The highest BCUT2D eigenvalue weighted by Crippen LogP contribution is 2.55. The Hall–Kier alpha value is -9.18. The molecule has 0 spiro atoms. The van der Waals surface area contributed by atoms with Gasteiger partial charge in [0.05, 0.1) is 122 Å². The van der Waals surface area contributed by atoms with Crippen LogP contribution in [0.2, 0.25) is 0 Å². The van der Waals surface area contributed by atoms with Crippen LogP contribution < -0.4 is 10.6 Å². The Morgan fingerprint density at radius 1 is 0.426 bits per heavy atom. The fourth-order valence-corrected chi connectivity index (χ4v) is 22.7. The van der Waals surface area contributed by atoms with E-state index in [4.69, 9.17) is 27.8 Å². The second kappa shape index (κ2) is 48.4. The molecule has 816 valence electrons. The third-order valence-electron chi connectivity index (χ3n) is 32.3. The van der Waals surface area contributed by atoms with Crippen molar-refractivity contribution in [1.29, 1.82) is 0 Å². The number of rotatable bonds is 6. The minimum absolute atomic E-state index is 0.117. The molecule has 8 unspecified atom stereocenters. The van der Waals surface area contributed by atoms with E-state index in [1.165, 1.54) is 50.9 Å². The van der Waals surface area contributed by atoms with Gasteiger partial charge in [-0.2, -0.15) is 26.3 Å². The Morgan fingerprint density at radius 2 is 0.797 bits per heavy atom. The van der Waals surface area contributed by atoms with Gasteiger partial charge in [-0.25, -0.2) is 19.9 Å². The number of hydrogen-bond acceptors (Lipinski definition) is 30. The number of thiazole rings is 2. The van der Waals surface area contributed by atoms with Crippen LogP contribution in [-0.4, -0.2) is 205 Å². The summed E-state index contributed by atoms with van der Waals surface area (Å²) in [6.07, 6.45) is -9.38. The molecule has 2 saturated heterocycles. The molecule has 8 aliphatic rings. The number of esters is 4. The lowest BCUT2D eigenvalue weighted by Gasteiger charge is -2.34. The Balaban J connectivity index is 0.000000187. The molecule has 2 aromatic carbocycles. The highest BCUT2D eigenvalue weighted by atomic mass is 32.1. The van der Waals surface area contributed by atoms with Gasteiger partial charge in [0.15, 0.2) is 17.4 Å². The number of aliphatic hydroxyl groups is 8. The molecule has 14 rings (SSSR count). The van der Waals surface area contributed by atoms with Crippen LogP contribution in [0.25, 0.3) is 33.5 Å². The first kappa shape index (κ1) is 119. The van der Waals surface area contributed by atoms with E-state index in [2.05, 4.69) is 49.6 Å². The Kier molecular flexibility index (Phi) is 39.0. The summed E-state index contributed by atoms with van der Waals surface area (Å²) in [4.78, 5) is 122. The summed E-state index contributed by atoms with van der Waals surface area (Å²) in [6.45, 7) is 41.1. The largest absolute Gasteiger partial charge is 0.457 e. The van der Waals surface area contributed by atoms with Gasteiger partial charge in [0.25, 0.3) is 0 Å². The fraction of sp³-hybridized carbons (Fsp3) is 0.643. The number of allylic oxidation sites excluding steroid dienone is 2. The van der Waals surface area contributed by atoms with Gasteiger partial charge in [0.1, 0.15) is 65.0 Å². The Morgan fingerprint density at radius 3 is 1.17 bits per heavy atom. The molecule has 36 heteroatoms. The minimum Gasteiger partial charge on any atom is -0.457 e. The van der Waals surface area contributed by atoms with E-state index >= 15 is 0 Å². The number of nitrogens with zero attached hydrogens (tertiary/aromatic N) is 4. The van der Waals surface area contributed by atoms with Gasteiger partial charge < -0.3 is 79.3 Å². The molecule has 28 atom stereocenters. The van der Waals surface area contributed by atoms with Gasteiger partial charge in [-0.05, 0) is 186 Å². The number of carbonyl (C=O) groups excluding carboxylic acids is 8. The maximum absolute atomic E-state index is 14.0. The Labute approximate surface area is 870 Å². The van der Waals surface area contributed by atoms with Crippen LogP contribution in [0.3, 0.4) is 0 Å². The van der Waals surface area contributed by atoms with Gasteiger partial charge in [-0.3, -0.25) is 38.4 Å². The number of ketones is 4. The molecule has 2 aliphatic carbocycles. The number of hydrogen-bond donors (Lipinski definition) is 10. The van der Waals surface area contributed by atoms with Crippen molar-refractivity contribution in [2.24, 2.45) is 92.7 Å². The maximum atomic E-state index is 14.0.